The normalized spacial score (nSPS) is 29.7. The summed E-state index contributed by atoms with van der Waals surface area (Å²) in [5.41, 5.74) is -1.78. The Labute approximate surface area is 69.0 Å². The fraction of sp³-hybridized carbons (Fsp3) is 0.571. The quantitative estimate of drug-likeness (QED) is 0.413. The molecular weight excluding hydrogens is 162 g/mol. The predicted octanol–water partition coefficient (Wildman–Crippen LogP) is -1.30. The third-order valence-electron chi connectivity index (χ3n) is 1.94. The first-order valence-electron chi connectivity index (χ1n) is 3.48. The summed E-state index contributed by atoms with van der Waals surface area (Å²) in [5, 5.41) is 9.46. The standard InChI is InChI=1S/C7H9NO4/c1-8-5(10)4-7(12,2-3-9)6(8)11/h3,12H,2,4H2,1H3. The maximum atomic E-state index is 11.1. The van der Waals surface area contributed by atoms with Crippen LogP contribution >= 0.6 is 0 Å². The SMILES string of the molecule is CN1C(=O)CC(O)(CC=O)C1=O. The molecule has 5 nitrogen and oxygen atoms in total. The van der Waals surface area contributed by atoms with Gasteiger partial charge in [0.1, 0.15) is 6.29 Å². The Balaban J connectivity index is 2.88. The highest BCUT2D eigenvalue weighted by Gasteiger charge is 2.48. The molecule has 0 aliphatic carbocycles. The molecule has 0 aromatic heterocycles. The molecule has 12 heavy (non-hydrogen) atoms. The number of likely N-dealkylation sites (N-methyl/N-ethyl adjacent to an activating group) is 1. The van der Waals surface area contributed by atoms with Gasteiger partial charge in [-0.3, -0.25) is 14.5 Å². The summed E-state index contributed by atoms with van der Waals surface area (Å²) in [6.45, 7) is 0. The van der Waals surface area contributed by atoms with Gasteiger partial charge >= 0.3 is 0 Å². The zero-order valence-corrected chi connectivity index (χ0v) is 6.61. The number of likely N-dealkylation sites (tertiary alicyclic amines) is 1. The number of hydrogen-bond acceptors (Lipinski definition) is 4. The molecule has 0 spiro atoms. The van der Waals surface area contributed by atoms with Crippen LogP contribution in [-0.2, 0) is 14.4 Å². The van der Waals surface area contributed by atoms with E-state index in [1.807, 2.05) is 0 Å². The summed E-state index contributed by atoms with van der Waals surface area (Å²) in [4.78, 5) is 32.9. The molecular formula is C7H9NO4. The van der Waals surface area contributed by atoms with Gasteiger partial charge in [-0.05, 0) is 0 Å². The lowest BCUT2D eigenvalue weighted by Gasteiger charge is -2.15. The highest BCUT2D eigenvalue weighted by atomic mass is 16.3. The highest BCUT2D eigenvalue weighted by Crippen LogP contribution is 2.24. The number of aldehydes is 1. The third-order valence-corrected chi connectivity index (χ3v) is 1.94. The van der Waals surface area contributed by atoms with E-state index >= 15 is 0 Å². The molecule has 0 saturated carbocycles. The molecule has 1 atom stereocenters. The summed E-state index contributed by atoms with van der Waals surface area (Å²) in [6, 6.07) is 0. The number of carbonyl (C=O) groups excluding carboxylic acids is 3. The first-order chi connectivity index (χ1) is 5.51. The number of hydrogen-bond donors (Lipinski definition) is 1. The van der Waals surface area contributed by atoms with Crippen LogP contribution in [0, 0.1) is 0 Å². The Kier molecular flexibility index (Phi) is 1.97. The second-order valence-corrected chi connectivity index (χ2v) is 2.84. The summed E-state index contributed by atoms with van der Waals surface area (Å²) < 4.78 is 0. The largest absolute Gasteiger partial charge is 0.379 e. The number of nitrogens with zero attached hydrogens (tertiary/aromatic N) is 1. The topological polar surface area (TPSA) is 74.7 Å². The Hall–Kier alpha value is -1.23. The number of amides is 2. The zero-order chi connectivity index (χ0) is 9.35. The average molecular weight is 171 g/mol. The molecule has 1 unspecified atom stereocenters. The minimum Gasteiger partial charge on any atom is -0.379 e. The molecule has 0 aromatic carbocycles. The maximum Gasteiger partial charge on any atom is 0.261 e. The second-order valence-electron chi connectivity index (χ2n) is 2.84. The lowest BCUT2D eigenvalue weighted by atomic mass is 9.99. The van der Waals surface area contributed by atoms with Crippen LogP contribution in [0.1, 0.15) is 12.8 Å². The van der Waals surface area contributed by atoms with E-state index in [2.05, 4.69) is 0 Å². The first-order valence-corrected chi connectivity index (χ1v) is 3.48. The van der Waals surface area contributed by atoms with Crippen molar-refractivity contribution in [1.82, 2.24) is 4.90 Å². The van der Waals surface area contributed by atoms with Gasteiger partial charge in [0.05, 0.1) is 6.42 Å². The van der Waals surface area contributed by atoms with Gasteiger partial charge in [0.2, 0.25) is 5.91 Å². The van der Waals surface area contributed by atoms with Crippen molar-refractivity contribution in [3.63, 3.8) is 0 Å². The highest BCUT2D eigenvalue weighted by molar-refractivity contribution is 6.08. The minimum atomic E-state index is -1.78. The van der Waals surface area contributed by atoms with Gasteiger partial charge in [-0.2, -0.15) is 0 Å². The van der Waals surface area contributed by atoms with Crippen LogP contribution in [0.3, 0.4) is 0 Å². The molecule has 1 fully saturated rings. The molecule has 66 valence electrons. The molecule has 1 rings (SSSR count). The summed E-state index contributed by atoms with van der Waals surface area (Å²) >= 11 is 0. The Bertz CT molecular complexity index is 250. The van der Waals surface area contributed by atoms with Gasteiger partial charge < -0.3 is 9.90 Å². The smallest absolute Gasteiger partial charge is 0.261 e. The Morgan fingerprint density at radius 1 is 1.67 bits per heavy atom. The summed E-state index contributed by atoms with van der Waals surface area (Å²) in [7, 11) is 1.29. The van der Waals surface area contributed by atoms with Crippen molar-refractivity contribution in [2.75, 3.05) is 7.05 Å². The van der Waals surface area contributed by atoms with Gasteiger partial charge in [-0.25, -0.2) is 0 Å². The van der Waals surface area contributed by atoms with Crippen molar-refractivity contribution >= 4 is 18.1 Å². The van der Waals surface area contributed by atoms with Gasteiger partial charge in [0, 0.05) is 13.5 Å². The van der Waals surface area contributed by atoms with E-state index in [-0.39, 0.29) is 12.8 Å². The van der Waals surface area contributed by atoms with E-state index in [0.29, 0.717) is 6.29 Å². The zero-order valence-electron chi connectivity index (χ0n) is 6.61. The van der Waals surface area contributed by atoms with E-state index < -0.39 is 17.4 Å². The maximum absolute atomic E-state index is 11.1. The monoisotopic (exact) mass is 171 g/mol. The molecule has 5 heteroatoms. The minimum absolute atomic E-state index is 0.291. The van der Waals surface area contributed by atoms with Gasteiger partial charge in [-0.15, -0.1) is 0 Å². The lowest BCUT2D eigenvalue weighted by Crippen LogP contribution is -2.38. The van der Waals surface area contributed by atoms with E-state index in [1.54, 1.807) is 0 Å². The molecule has 2 amide bonds. The van der Waals surface area contributed by atoms with Crippen LogP contribution in [-0.4, -0.2) is 40.8 Å². The Morgan fingerprint density at radius 3 is 2.58 bits per heavy atom. The Morgan fingerprint density at radius 2 is 2.25 bits per heavy atom. The molecule has 1 heterocycles. The number of rotatable bonds is 2. The number of imide groups is 1. The first kappa shape index (κ1) is 8.86. The van der Waals surface area contributed by atoms with Crippen molar-refractivity contribution < 1.29 is 19.5 Å². The van der Waals surface area contributed by atoms with Crippen molar-refractivity contribution in [2.45, 2.75) is 18.4 Å². The van der Waals surface area contributed by atoms with Crippen LogP contribution < -0.4 is 0 Å². The fourth-order valence-electron chi connectivity index (χ4n) is 1.17. The summed E-state index contributed by atoms with van der Waals surface area (Å²) in [6.07, 6.45) is -0.173. The molecule has 0 bridgehead atoms. The van der Waals surface area contributed by atoms with E-state index in [1.165, 1.54) is 7.05 Å². The van der Waals surface area contributed by atoms with E-state index in [9.17, 15) is 19.5 Å². The van der Waals surface area contributed by atoms with Crippen LogP contribution in [0.5, 0.6) is 0 Å². The molecule has 0 aromatic rings. The van der Waals surface area contributed by atoms with Crippen LogP contribution in [0.15, 0.2) is 0 Å². The summed E-state index contributed by atoms with van der Waals surface area (Å²) in [5.74, 6) is -1.15. The van der Waals surface area contributed by atoms with Gasteiger partial charge in [0.25, 0.3) is 5.91 Å². The van der Waals surface area contributed by atoms with Gasteiger partial charge in [0.15, 0.2) is 5.60 Å². The molecule has 0 radical (unpaired) electrons. The van der Waals surface area contributed by atoms with Crippen molar-refractivity contribution in [2.24, 2.45) is 0 Å². The van der Waals surface area contributed by atoms with Crippen molar-refractivity contribution in [3.8, 4) is 0 Å². The number of aliphatic hydroxyl groups is 1. The van der Waals surface area contributed by atoms with Gasteiger partial charge in [-0.1, -0.05) is 0 Å². The van der Waals surface area contributed by atoms with E-state index in [0.717, 1.165) is 4.90 Å². The van der Waals surface area contributed by atoms with Crippen molar-refractivity contribution in [3.05, 3.63) is 0 Å². The fourth-order valence-corrected chi connectivity index (χ4v) is 1.17. The molecule has 1 aliphatic rings. The van der Waals surface area contributed by atoms with Crippen LogP contribution in [0.25, 0.3) is 0 Å². The van der Waals surface area contributed by atoms with Crippen LogP contribution in [0.4, 0.5) is 0 Å². The second kappa shape index (κ2) is 2.67. The predicted molar refractivity (Wildman–Crippen MR) is 38.0 cm³/mol. The van der Waals surface area contributed by atoms with Crippen molar-refractivity contribution in [1.29, 1.82) is 0 Å². The average Bonchev–Trinajstić information content (AvgIpc) is 2.17. The van der Waals surface area contributed by atoms with E-state index in [4.69, 9.17) is 0 Å². The lowest BCUT2D eigenvalue weighted by molar-refractivity contribution is -0.145. The molecule has 1 N–H and O–H groups in total. The molecule has 1 saturated heterocycles. The molecule has 1 aliphatic heterocycles. The third kappa shape index (κ3) is 1.12. The number of carbonyl (C=O) groups is 3. The van der Waals surface area contributed by atoms with Crippen LogP contribution in [0.2, 0.25) is 0 Å².